The van der Waals surface area contributed by atoms with E-state index in [9.17, 15) is 0 Å². The average Bonchev–Trinajstić information content (AvgIpc) is 2.98. The van der Waals surface area contributed by atoms with Gasteiger partial charge in [-0.05, 0) is 69.6 Å². The van der Waals surface area contributed by atoms with Gasteiger partial charge in [0.1, 0.15) is 0 Å². The van der Waals surface area contributed by atoms with Crippen LogP contribution in [0.3, 0.4) is 0 Å². The lowest BCUT2D eigenvalue weighted by molar-refractivity contribution is 1.53. The third-order valence-electron chi connectivity index (χ3n) is 3.69. The minimum Gasteiger partial charge on any atom is -0.143 e. The van der Waals surface area contributed by atoms with Gasteiger partial charge in [-0.15, -0.1) is 18.4 Å². The molecular formula is C19H12S. The lowest BCUT2D eigenvalue weighted by Gasteiger charge is -2.06. The van der Waals surface area contributed by atoms with Crippen molar-refractivity contribution in [3.8, 4) is 0 Å². The molecule has 0 saturated heterocycles. The van der Waals surface area contributed by atoms with Crippen LogP contribution in [0.5, 0.6) is 0 Å². The molecule has 1 aliphatic rings. The van der Waals surface area contributed by atoms with Crippen LogP contribution in [0, 0.1) is 0 Å². The van der Waals surface area contributed by atoms with E-state index in [1.165, 1.54) is 27.1 Å². The molecule has 0 heterocycles. The second-order valence-corrected chi connectivity index (χ2v) is 5.55. The summed E-state index contributed by atoms with van der Waals surface area (Å²) in [5.74, 6) is 0. The Morgan fingerprint density at radius 1 is 0.750 bits per heavy atom. The molecular weight excluding hydrogens is 260 g/mol. The summed E-state index contributed by atoms with van der Waals surface area (Å²) >= 11 is 4.41. The predicted molar refractivity (Wildman–Crippen MR) is 89.3 cm³/mol. The maximum absolute atomic E-state index is 4.41. The summed E-state index contributed by atoms with van der Waals surface area (Å²) < 4.78 is 0. The van der Waals surface area contributed by atoms with Crippen molar-refractivity contribution in [3.63, 3.8) is 0 Å². The second-order valence-electron chi connectivity index (χ2n) is 5.03. The summed E-state index contributed by atoms with van der Waals surface area (Å²) in [6.45, 7) is 0. The molecule has 0 unspecified atom stereocenters. The topological polar surface area (TPSA) is 0 Å². The van der Waals surface area contributed by atoms with E-state index in [0.29, 0.717) is 0 Å². The molecule has 1 heteroatoms. The van der Waals surface area contributed by atoms with Crippen LogP contribution in [-0.2, 0) is 0 Å². The minimum atomic E-state index is 1.000. The summed E-state index contributed by atoms with van der Waals surface area (Å²) in [4.78, 5) is 1.000. The Labute approximate surface area is 123 Å². The molecule has 0 spiro atoms. The number of allylic oxidation sites excluding steroid dienone is 3. The third kappa shape index (κ3) is 1.89. The van der Waals surface area contributed by atoms with Gasteiger partial charge in [0, 0.05) is 10.5 Å². The fraction of sp³-hybridized carbons (Fsp3) is 0. The average molecular weight is 272 g/mol. The molecule has 0 atom stereocenters. The molecule has 20 heavy (non-hydrogen) atoms. The van der Waals surface area contributed by atoms with Crippen LogP contribution in [0.15, 0.2) is 77.4 Å². The maximum atomic E-state index is 4.41. The fourth-order valence-electron chi connectivity index (χ4n) is 2.66. The Kier molecular flexibility index (Phi) is 2.56. The van der Waals surface area contributed by atoms with Crippen molar-refractivity contribution in [2.45, 2.75) is 4.90 Å². The van der Waals surface area contributed by atoms with Crippen LogP contribution in [0.4, 0.5) is 0 Å². The summed E-state index contributed by atoms with van der Waals surface area (Å²) in [7, 11) is 0. The molecule has 94 valence electrons. The molecule has 3 aromatic carbocycles. The molecule has 3 aromatic rings. The van der Waals surface area contributed by atoms with Crippen LogP contribution in [-0.4, -0.2) is 0 Å². The predicted octanol–water partition coefficient (Wildman–Crippen LogP) is 5.39. The summed E-state index contributed by atoms with van der Waals surface area (Å²) in [6, 6.07) is 17.3. The van der Waals surface area contributed by atoms with Crippen LogP contribution >= 0.6 is 12.6 Å². The number of benzene rings is 3. The molecule has 0 amide bonds. The Hall–Kier alpha value is -2.21. The molecule has 0 N–H and O–H groups in total. The highest BCUT2D eigenvalue weighted by Crippen LogP contribution is 2.28. The van der Waals surface area contributed by atoms with E-state index >= 15 is 0 Å². The zero-order chi connectivity index (χ0) is 13.5. The second kappa shape index (κ2) is 4.42. The Balaban J connectivity index is 1.98. The number of thiol groups is 1. The third-order valence-corrected chi connectivity index (χ3v) is 3.97. The van der Waals surface area contributed by atoms with Gasteiger partial charge in [-0.1, -0.05) is 24.3 Å². The highest BCUT2D eigenvalue weighted by Gasteiger charge is 2.03. The first-order valence-corrected chi connectivity index (χ1v) is 7.05. The smallest absolute Gasteiger partial charge is 0.0237 e. The van der Waals surface area contributed by atoms with Crippen molar-refractivity contribution >= 4 is 39.7 Å². The summed E-state index contributed by atoms with van der Waals surface area (Å²) in [5.41, 5.74) is 5.62. The highest BCUT2D eigenvalue weighted by molar-refractivity contribution is 7.80. The largest absolute Gasteiger partial charge is 0.143 e. The fourth-order valence-corrected chi connectivity index (χ4v) is 2.88. The van der Waals surface area contributed by atoms with E-state index in [4.69, 9.17) is 0 Å². The molecule has 0 bridgehead atoms. The van der Waals surface area contributed by atoms with E-state index in [1.54, 1.807) is 0 Å². The van der Waals surface area contributed by atoms with Gasteiger partial charge in [0.05, 0.1) is 0 Å². The SMILES string of the molecule is Sc1ccc2cc3cc(C4=C=CC=C4)ccc3cc2c1. The van der Waals surface area contributed by atoms with Crippen LogP contribution in [0.25, 0.3) is 27.1 Å². The van der Waals surface area contributed by atoms with Gasteiger partial charge < -0.3 is 0 Å². The van der Waals surface area contributed by atoms with Gasteiger partial charge >= 0.3 is 0 Å². The van der Waals surface area contributed by atoms with E-state index in [0.717, 1.165) is 10.5 Å². The Morgan fingerprint density at radius 3 is 2.25 bits per heavy atom. The van der Waals surface area contributed by atoms with Crippen molar-refractivity contribution in [1.29, 1.82) is 0 Å². The zero-order valence-corrected chi connectivity index (χ0v) is 11.7. The van der Waals surface area contributed by atoms with Crippen molar-refractivity contribution in [2.24, 2.45) is 0 Å². The van der Waals surface area contributed by atoms with Gasteiger partial charge in [-0.2, -0.15) is 0 Å². The first-order chi connectivity index (χ1) is 9.79. The molecule has 0 saturated carbocycles. The van der Waals surface area contributed by atoms with Crippen LogP contribution in [0.1, 0.15) is 5.56 Å². The standard InChI is InChI=1S/C19H12S/c20-19-8-7-16-10-17-9-14(13-3-1-2-4-13)5-6-15(17)11-18(16)12-19/h1-3,5-12,20H. The van der Waals surface area contributed by atoms with Gasteiger partial charge in [-0.25, -0.2) is 0 Å². The quantitative estimate of drug-likeness (QED) is 0.343. The van der Waals surface area contributed by atoms with Crippen molar-refractivity contribution in [2.75, 3.05) is 0 Å². The van der Waals surface area contributed by atoms with Crippen LogP contribution < -0.4 is 0 Å². The molecule has 0 nitrogen and oxygen atoms in total. The van der Waals surface area contributed by atoms with E-state index in [2.05, 4.69) is 66.9 Å². The van der Waals surface area contributed by atoms with E-state index in [1.807, 2.05) is 18.2 Å². The van der Waals surface area contributed by atoms with Crippen molar-refractivity contribution in [3.05, 3.63) is 78.1 Å². The van der Waals surface area contributed by atoms with E-state index in [-0.39, 0.29) is 0 Å². The normalized spacial score (nSPS) is 13.3. The molecule has 0 fully saturated rings. The first kappa shape index (κ1) is 11.6. The zero-order valence-electron chi connectivity index (χ0n) is 10.8. The summed E-state index contributed by atoms with van der Waals surface area (Å²) in [6.07, 6.45) is 6.07. The highest BCUT2D eigenvalue weighted by atomic mass is 32.1. The van der Waals surface area contributed by atoms with Gasteiger partial charge in [0.2, 0.25) is 0 Å². The van der Waals surface area contributed by atoms with Gasteiger partial charge in [0.15, 0.2) is 0 Å². The minimum absolute atomic E-state index is 1.000. The molecule has 0 radical (unpaired) electrons. The van der Waals surface area contributed by atoms with Gasteiger partial charge in [-0.3, -0.25) is 0 Å². The molecule has 0 aliphatic heterocycles. The van der Waals surface area contributed by atoms with Crippen LogP contribution in [0.2, 0.25) is 0 Å². The lowest BCUT2D eigenvalue weighted by atomic mass is 9.99. The maximum Gasteiger partial charge on any atom is 0.0237 e. The van der Waals surface area contributed by atoms with Crippen molar-refractivity contribution in [1.82, 2.24) is 0 Å². The molecule has 0 aromatic heterocycles. The van der Waals surface area contributed by atoms with Gasteiger partial charge in [0.25, 0.3) is 0 Å². The van der Waals surface area contributed by atoms with Crippen molar-refractivity contribution < 1.29 is 0 Å². The molecule has 4 rings (SSSR count). The molecule has 1 aliphatic carbocycles. The summed E-state index contributed by atoms with van der Waals surface area (Å²) in [5, 5.41) is 5.00. The monoisotopic (exact) mass is 272 g/mol. The number of hydrogen-bond acceptors (Lipinski definition) is 1. The number of fused-ring (bicyclic) bond motifs is 2. The Bertz CT molecular complexity index is 939. The van der Waals surface area contributed by atoms with E-state index < -0.39 is 0 Å². The number of rotatable bonds is 1. The Morgan fingerprint density at radius 2 is 1.50 bits per heavy atom. The number of hydrogen-bond donors (Lipinski definition) is 1. The first-order valence-electron chi connectivity index (χ1n) is 6.60. The lowest BCUT2D eigenvalue weighted by Crippen LogP contribution is -1.81.